The van der Waals surface area contributed by atoms with Crippen LogP contribution in [0.2, 0.25) is 0 Å². The summed E-state index contributed by atoms with van der Waals surface area (Å²) in [6, 6.07) is 2.59. The van der Waals surface area contributed by atoms with Crippen molar-refractivity contribution in [3.05, 3.63) is 28.0 Å². The summed E-state index contributed by atoms with van der Waals surface area (Å²) < 4.78 is 18.2. The van der Waals surface area contributed by atoms with Crippen LogP contribution in [0.1, 0.15) is 10.4 Å². The molecule has 14 heavy (non-hydrogen) atoms. The molecule has 0 aliphatic rings. The monoisotopic (exact) mass is 324 g/mol. The van der Waals surface area contributed by atoms with Crippen molar-refractivity contribution >= 4 is 37.6 Å². The van der Waals surface area contributed by atoms with Gasteiger partial charge in [0.25, 0.3) is 0 Å². The average Bonchev–Trinajstić information content (AvgIpc) is 2.20. The maximum atomic E-state index is 13.1. The molecule has 0 heterocycles. The highest BCUT2D eigenvalue weighted by atomic mass is 79.9. The number of alkyl halides is 1. The zero-order chi connectivity index (χ0) is 10.7. The lowest BCUT2D eigenvalue weighted by atomic mass is 10.1. The molecule has 1 aromatic carbocycles. The Bertz CT molecular complexity index is 366. The highest BCUT2D eigenvalue weighted by Gasteiger charge is 2.14. The molecule has 0 radical (unpaired) electrons. The lowest BCUT2D eigenvalue weighted by Gasteiger charge is -2.07. The van der Waals surface area contributed by atoms with E-state index in [2.05, 4.69) is 31.9 Å². The van der Waals surface area contributed by atoms with Gasteiger partial charge in [-0.15, -0.1) is 0 Å². The molecule has 1 aromatic rings. The van der Waals surface area contributed by atoms with E-state index < -0.39 is 5.82 Å². The Kier molecular flexibility index (Phi) is 4.07. The molecule has 0 amide bonds. The number of carbonyl (C=O) groups excluding carboxylic acids is 1. The van der Waals surface area contributed by atoms with Gasteiger partial charge in [-0.3, -0.25) is 4.79 Å². The minimum absolute atomic E-state index is 0.150. The number of hydrogen-bond acceptors (Lipinski definition) is 2. The van der Waals surface area contributed by atoms with Gasteiger partial charge in [-0.1, -0.05) is 15.9 Å². The number of methoxy groups -OCH3 is 1. The molecule has 0 saturated heterocycles. The van der Waals surface area contributed by atoms with E-state index in [1.165, 1.54) is 19.2 Å². The molecule has 5 heteroatoms. The van der Waals surface area contributed by atoms with Gasteiger partial charge in [-0.25, -0.2) is 4.39 Å². The number of benzene rings is 1. The Hall–Kier alpha value is -0.420. The lowest BCUT2D eigenvalue weighted by molar-refractivity contribution is 0.102. The quantitative estimate of drug-likeness (QED) is 0.630. The molecule has 0 fully saturated rings. The molecule has 0 aromatic heterocycles. The molecular formula is C9H7Br2FO2. The summed E-state index contributed by atoms with van der Waals surface area (Å²) >= 11 is 6.05. The van der Waals surface area contributed by atoms with E-state index in [1.54, 1.807) is 0 Å². The normalized spacial score (nSPS) is 10.0. The topological polar surface area (TPSA) is 26.3 Å². The van der Waals surface area contributed by atoms with Gasteiger partial charge >= 0.3 is 0 Å². The molecule has 0 bridgehead atoms. The number of ketones is 1. The number of rotatable bonds is 3. The number of hydrogen-bond donors (Lipinski definition) is 0. The van der Waals surface area contributed by atoms with E-state index in [0.29, 0.717) is 5.56 Å². The van der Waals surface area contributed by atoms with Crippen LogP contribution in [0.5, 0.6) is 5.75 Å². The third kappa shape index (κ3) is 2.33. The van der Waals surface area contributed by atoms with Crippen molar-refractivity contribution in [2.75, 3.05) is 12.4 Å². The van der Waals surface area contributed by atoms with Crippen LogP contribution in [0.4, 0.5) is 4.39 Å². The summed E-state index contributed by atoms with van der Waals surface area (Å²) in [4.78, 5) is 11.4. The number of Topliss-reactive ketones (excluding diaryl/α,β-unsaturated/α-hetero) is 1. The van der Waals surface area contributed by atoms with Gasteiger partial charge in [-0.2, -0.15) is 0 Å². The molecule has 0 saturated carbocycles. The Morgan fingerprint density at radius 3 is 2.71 bits per heavy atom. The first-order valence-electron chi connectivity index (χ1n) is 3.72. The SMILES string of the molecule is COc1cc(F)c(Br)cc1C(=O)CBr. The van der Waals surface area contributed by atoms with Crippen molar-refractivity contribution in [3.63, 3.8) is 0 Å². The fraction of sp³-hybridized carbons (Fsp3) is 0.222. The van der Waals surface area contributed by atoms with E-state index in [0.717, 1.165) is 0 Å². The first kappa shape index (κ1) is 11.7. The third-order valence-corrected chi connectivity index (χ3v) is 2.78. The van der Waals surface area contributed by atoms with Gasteiger partial charge in [0.05, 0.1) is 22.5 Å². The summed E-state index contributed by atoms with van der Waals surface area (Å²) in [5.41, 5.74) is 0.359. The zero-order valence-electron chi connectivity index (χ0n) is 7.31. The number of carbonyl (C=O) groups is 1. The van der Waals surface area contributed by atoms with Gasteiger partial charge in [-0.05, 0) is 22.0 Å². The maximum Gasteiger partial charge on any atom is 0.177 e. The molecule has 0 N–H and O–H groups in total. The first-order chi connectivity index (χ1) is 6.60. The second-order valence-electron chi connectivity index (χ2n) is 2.52. The van der Waals surface area contributed by atoms with E-state index in [-0.39, 0.29) is 21.3 Å². The second kappa shape index (κ2) is 4.89. The fourth-order valence-corrected chi connectivity index (χ4v) is 1.63. The lowest BCUT2D eigenvalue weighted by Crippen LogP contribution is -2.03. The van der Waals surface area contributed by atoms with Crippen LogP contribution in [0.25, 0.3) is 0 Å². The van der Waals surface area contributed by atoms with Gasteiger partial charge in [0.2, 0.25) is 0 Å². The van der Waals surface area contributed by atoms with E-state index in [1.807, 2.05) is 0 Å². The minimum atomic E-state index is -0.451. The predicted octanol–water partition coefficient (Wildman–Crippen LogP) is 3.17. The van der Waals surface area contributed by atoms with Gasteiger partial charge in [0.1, 0.15) is 11.6 Å². The van der Waals surface area contributed by atoms with Gasteiger partial charge in [0, 0.05) is 6.07 Å². The van der Waals surface area contributed by atoms with Crippen LogP contribution < -0.4 is 4.74 Å². The minimum Gasteiger partial charge on any atom is -0.496 e. The summed E-state index contributed by atoms with van der Waals surface area (Å²) in [5.74, 6) is -0.356. The van der Waals surface area contributed by atoms with Crippen molar-refractivity contribution in [1.29, 1.82) is 0 Å². The molecule has 1 rings (SSSR count). The summed E-state index contributed by atoms with van der Waals surface area (Å²) in [6.07, 6.45) is 0. The molecule has 0 unspecified atom stereocenters. The molecule has 0 atom stereocenters. The molecule has 0 spiro atoms. The van der Waals surface area contributed by atoms with Crippen molar-refractivity contribution in [3.8, 4) is 5.75 Å². The number of halogens is 3. The molecule has 0 aliphatic carbocycles. The zero-order valence-corrected chi connectivity index (χ0v) is 10.5. The van der Waals surface area contributed by atoms with Crippen LogP contribution >= 0.6 is 31.9 Å². The van der Waals surface area contributed by atoms with Crippen molar-refractivity contribution in [2.45, 2.75) is 0 Å². The van der Waals surface area contributed by atoms with Crippen LogP contribution in [0, 0.1) is 5.82 Å². The Morgan fingerprint density at radius 1 is 1.57 bits per heavy atom. The molecule has 76 valence electrons. The molecular weight excluding hydrogens is 319 g/mol. The highest BCUT2D eigenvalue weighted by molar-refractivity contribution is 9.10. The Balaban J connectivity index is 3.27. The average molecular weight is 326 g/mol. The Morgan fingerprint density at radius 2 is 2.21 bits per heavy atom. The highest BCUT2D eigenvalue weighted by Crippen LogP contribution is 2.26. The van der Waals surface area contributed by atoms with E-state index in [4.69, 9.17) is 4.74 Å². The second-order valence-corrected chi connectivity index (χ2v) is 3.94. The van der Waals surface area contributed by atoms with Crippen LogP contribution in [0.15, 0.2) is 16.6 Å². The standard InChI is InChI=1S/C9H7Br2FO2/c1-14-9-3-7(12)6(11)2-5(9)8(13)4-10/h2-3H,4H2,1H3. The van der Waals surface area contributed by atoms with Gasteiger partial charge < -0.3 is 4.74 Å². The van der Waals surface area contributed by atoms with E-state index in [9.17, 15) is 9.18 Å². The summed E-state index contributed by atoms with van der Waals surface area (Å²) in [5, 5.41) is 0.182. The van der Waals surface area contributed by atoms with Crippen molar-refractivity contribution < 1.29 is 13.9 Å². The van der Waals surface area contributed by atoms with Crippen LogP contribution in [-0.2, 0) is 0 Å². The van der Waals surface area contributed by atoms with Crippen molar-refractivity contribution in [2.24, 2.45) is 0 Å². The summed E-state index contributed by atoms with van der Waals surface area (Å²) in [7, 11) is 1.40. The van der Waals surface area contributed by atoms with Gasteiger partial charge in [0.15, 0.2) is 5.78 Å². The smallest absolute Gasteiger partial charge is 0.177 e. The fourth-order valence-electron chi connectivity index (χ4n) is 0.987. The number of ether oxygens (including phenoxy) is 1. The van der Waals surface area contributed by atoms with E-state index >= 15 is 0 Å². The maximum absolute atomic E-state index is 13.1. The first-order valence-corrected chi connectivity index (χ1v) is 5.63. The predicted molar refractivity (Wildman–Crippen MR) is 58.8 cm³/mol. The largest absolute Gasteiger partial charge is 0.496 e. The molecule has 2 nitrogen and oxygen atoms in total. The third-order valence-electron chi connectivity index (χ3n) is 1.66. The molecule has 0 aliphatic heterocycles. The Labute approximate surface area is 97.7 Å². The van der Waals surface area contributed by atoms with Crippen LogP contribution in [-0.4, -0.2) is 18.2 Å². The van der Waals surface area contributed by atoms with Crippen LogP contribution in [0.3, 0.4) is 0 Å². The summed E-state index contributed by atoms with van der Waals surface area (Å²) in [6.45, 7) is 0. The van der Waals surface area contributed by atoms with Crippen molar-refractivity contribution in [1.82, 2.24) is 0 Å².